The van der Waals surface area contributed by atoms with Gasteiger partial charge in [-0.15, -0.1) is 9.24 Å². The third kappa shape index (κ3) is 5.75. The van der Waals surface area contributed by atoms with Gasteiger partial charge in [-0.3, -0.25) is 0 Å². The highest BCUT2D eigenvalue weighted by Crippen LogP contribution is 2.03. The fourth-order valence-electron chi connectivity index (χ4n) is 1.49. The van der Waals surface area contributed by atoms with Crippen LogP contribution in [0.4, 0.5) is 0 Å². The maximum Gasteiger partial charge on any atom is 0.0386 e. The third-order valence-corrected chi connectivity index (χ3v) is 2.81. The van der Waals surface area contributed by atoms with Crippen molar-refractivity contribution in [2.24, 2.45) is 0 Å². The summed E-state index contributed by atoms with van der Waals surface area (Å²) in [6.07, 6.45) is 1.93. The number of rotatable bonds is 3. The molecule has 2 aromatic carbocycles. The van der Waals surface area contributed by atoms with E-state index in [9.17, 15) is 0 Å². The lowest BCUT2D eigenvalue weighted by molar-refractivity contribution is 0.986. The van der Waals surface area contributed by atoms with E-state index in [0.717, 1.165) is 24.1 Å². The van der Waals surface area contributed by atoms with Crippen molar-refractivity contribution in [1.29, 1.82) is 5.41 Å². The van der Waals surface area contributed by atoms with Gasteiger partial charge >= 0.3 is 0 Å². The van der Waals surface area contributed by atoms with E-state index in [1.54, 1.807) is 0 Å². The molecule has 0 aliphatic rings. The first kappa shape index (κ1) is 14.6. The number of hydrogen-bond donors (Lipinski definition) is 1. The normalized spacial score (nSPS) is 9.22. The van der Waals surface area contributed by atoms with E-state index < -0.39 is 0 Å². The summed E-state index contributed by atoms with van der Waals surface area (Å²) in [6.45, 7) is 2.09. The SMILES string of the molecule is CCCC(=N)c1ccccc1.Pc1ccccc1. The molecule has 2 rings (SSSR count). The molecule has 0 fully saturated rings. The Hall–Kier alpha value is -1.46. The van der Waals surface area contributed by atoms with Crippen LogP contribution in [0.25, 0.3) is 0 Å². The fraction of sp³-hybridized carbons (Fsp3) is 0.188. The number of hydrogen-bond acceptors (Lipinski definition) is 1. The minimum atomic E-state index is 0.744. The molecule has 94 valence electrons. The van der Waals surface area contributed by atoms with E-state index in [-0.39, 0.29) is 0 Å². The van der Waals surface area contributed by atoms with Crippen LogP contribution >= 0.6 is 9.24 Å². The highest BCUT2D eigenvalue weighted by atomic mass is 31.0. The lowest BCUT2D eigenvalue weighted by atomic mass is 10.1. The largest absolute Gasteiger partial charge is 0.305 e. The topological polar surface area (TPSA) is 23.9 Å². The molecule has 0 amide bonds. The Bertz CT molecular complexity index is 451. The molecule has 2 aromatic rings. The maximum absolute atomic E-state index is 7.63. The van der Waals surface area contributed by atoms with Crippen molar-refractivity contribution in [2.45, 2.75) is 19.8 Å². The zero-order valence-electron chi connectivity index (χ0n) is 10.8. The number of benzene rings is 2. The minimum absolute atomic E-state index is 0.744. The molecule has 0 bridgehead atoms. The van der Waals surface area contributed by atoms with Gasteiger partial charge in [0.1, 0.15) is 0 Å². The van der Waals surface area contributed by atoms with Gasteiger partial charge in [-0.25, -0.2) is 0 Å². The summed E-state index contributed by atoms with van der Waals surface area (Å²) in [5.74, 6) is 0. The van der Waals surface area contributed by atoms with E-state index in [2.05, 4.69) is 16.2 Å². The Morgan fingerprint density at radius 1 is 0.944 bits per heavy atom. The second-order valence-corrected chi connectivity index (χ2v) is 4.67. The third-order valence-electron chi connectivity index (χ3n) is 2.42. The van der Waals surface area contributed by atoms with Crippen LogP contribution in [0.5, 0.6) is 0 Å². The summed E-state index contributed by atoms with van der Waals surface area (Å²) in [6, 6.07) is 20.0. The Kier molecular flexibility index (Phi) is 6.98. The summed E-state index contributed by atoms with van der Waals surface area (Å²) >= 11 is 0. The Morgan fingerprint density at radius 3 is 1.83 bits per heavy atom. The predicted octanol–water partition coefficient (Wildman–Crippen LogP) is 4.04. The average Bonchev–Trinajstić information content (AvgIpc) is 2.42. The van der Waals surface area contributed by atoms with Gasteiger partial charge < -0.3 is 5.41 Å². The quantitative estimate of drug-likeness (QED) is 0.634. The molecule has 0 aliphatic carbocycles. The molecule has 0 heterocycles. The summed E-state index contributed by atoms with van der Waals surface area (Å²) in [7, 11) is 2.63. The van der Waals surface area contributed by atoms with Gasteiger partial charge in [-0.05, 0) is 17.3 Å². The molecule has 0 saturated heterocycles. The van der Waals surface area contributed by atoms with Crippen molar-refractivity contribution >= 4 is 20.3 Å². The van der Waals surface area contributed by atoms with Crippen molar-refractivity contribution in [3.63, 3.8) is 0 Å². The Balaban J connectivity index is 0.000000199. The van der Waals surface area contributed by atoms with Crippen molar-refractivity contribution in [1.82, 2.24) is 0 Å². The molecule has 0 saturated carbocycles. The molecule has 0 spiro atoms. The molecule has 0 aromatic heterocycles. The van der Waals surface area contributed by atoms with E-state index in [1.807, 2.05) is 60.7 Å². The maximum atomic E-state index is 7.63. The van der Waals surface area contributed by atoms with E-state index in [0.29, 0.717) is 0 Å². The van der Waals surface area contributed by atoms with Gasteiger partial charge in [0.05, 0.1) is 0 Å². The monoisotopic (exact) mass is 257 g/mol. The first-order chi connectivity index (χ1) is 8.74. The summed E-state index contributed by atoms with van der Waals surface area (Å²) in [5, 5.41) is 8.87. The zero-order chi connectivity index (χ0) is 13.2. The fourth-order valence-corrected chi connectivity index (χ4v) is 1.71. The van der Waals surface area contributed by atoms with Crippen LogP contribution in [0.2, 0.25) is 0 Å². The number of nitrogens with one attached hydrogen (secondary N) is 1. The van der Waals surface area contributed by atoms with Gasteiger partial charge in [0.25, 0.3) is 0 Å². The van der Waals surface area contributed by atoms with E-state index in [1.165, 1.54) is 5.30 Å². The van der Waals surface area contributed by atoms with Crippen LogP contribution < -0.4 is 5.30 Å². The predicted molar refractivity (Wildman–Crippen MR) is 84.0 cm³/mol. The standard InChI is InChI=1S/C10H13N.C6H7P/c1-2-6-10(11)9-7-4-3-5-8-9;7-6-4-2-1-3-5-6/h3-5,7-8,11H,2,6H2,1H3;1-5H,7H2. The molecule has 0 radical (unpaired) electrons. The summed E-state index contributed by atoms with van der Waals surface area (Å²) in [5.41, 5.74) is 1.79. The molecule has 1 nitrogen and oxygen atoms in total. The van der Waals surface area contributed by atoms with E-state index >= 15 is 0 Å². The van der Waals surface area contributed by atoms with Crippen LogP contribution in [0.15, 0.2) is 60.7 Å². The minimum Gasteiger partial charge on any atom is -0.305 e. The van der Waals surface area contributed by atoms with Crippen molar-refractivity contribution in [3.05, 3.63) is 66.2 Å². The molecule has 2 heteroatoms. The Labute approximate surface area is 112 Å². The molecule has 1 atom stereocenters. The second-order valence-electron chi connectivity index (χ2n) is 4.01. The zero-order valence-corrected chi connectivity index (χ0v) is 11.9. The summed E-state index contributed by atoms with van der Waals surface area (Å²) in [4.78, 5) is 0. The van der Waals surface area contributed by atoms with Crippen molar-refractivity contribution in [3.8, 4) is 0 Å². The second kappa shape index (κ2) is 8.60. The van der Waals surface area contributed by atoms with Crippen LogP contribution in [-0.4, -0.2) is 5.71 Å². The molecule has 1 unspecified atom stereocenters. The van der Waals surface area contributed by atoms with Crippen molar-refractivity contribution in [2.75, 3.05) is 0 Å². The molecule has 18 heavy (non-hydrogen) atoms. The van der Waals surface area contributed by atoms with E-state index in [4.69, 9.17) is 5.41 Å². The van der Waals surface area contributed by atoms with Gasteiger partial charge in [0.2, 0.25) is 0 Å². The first-order valence-corrected chi connectivity index (χ1v) is 6.75. The highest BCUT2D eigenvalue weighted by molar-refractivity contribution is 7.27. The van der Waals surface area contributed by atoms with Crippen LogP contribution in [0, 0.1) is 5.41 Å². The van der Waals surface area contributed by atoms with Crippen LogP contribution in [0.1, 0.15) is 25.3 Å². The van der Waals surface area contributed by atoms with Crippen LogP contribution in [-0.2, 0) is 0 Å². The van der Waals surface area contributed by atoms with Gasteiger partial charge in [0.15, 0.2) is 0 Å². The summed E-state index contributed by atoms with van der Waals surface area (Å²) < 4.78 is 0. The van der Waals surface area contributed by atoms with Gasteiger partial charge in [-0.1, -0.05) is 74.0 Å². The smallest absolute Gasteiger partial charge is 0.0386 e. The molecular weight excluding hydrogens is 237 g/mol. The molecule has 0 aliphatic heterocycles. The molecule has 1 N–H and O–H groups in total. The van der Waals surface area contributed by atoms with Crippen molar-refractivity contribution < 1.29 is 0 Å². The average molecular weight is 257 g/mol. The first-order valence-electron chi connectivity index (χ1n) is 6.17. The molecular formula is C16H20NP. The van der Waals surface area contributed by atoms with Gasteiger partial charge in [0, 0.05) is 5.71 Å². The van der Waals surface area contributed by atoms with Crippen LogP contribution in [0.3, 0.4) is 0 Å². The lowest BCUT2D eigenvalue weighted by Gasteiger charge is -1.99. The van der Waals surface area contributed by atoms with Gasteiger partial charge in [-0.2, -0.15) is 0 Å². The lowest BCUT2D eigenvalue weighted by Crippen LogP contribution is -1.96. The highest BCUT2D eigenvalue weighted by Gasteiger charge is 1.96. The Morgan fingerprint density at radius 2 is 1.44 bits per heavy atom.